The lowest BCUT2D eigenvalue weighted by Gasteiger charge is -2.28. The van der Waals surface area contributed by atoms with Gasteiger partial charge in [-0.15, -0.1) is 0 Å². The first-order valence-electron chi connectivity index (χ1n) is 7.54. The van der Waals surface area contributed by atoms with Crippen LogP contribution in [0.5, 0.6) is 0 Å². The summed E-state index contributed by atoms with van der Waals surface area (Å²) in [7, 11) is -2.49. The third-order valence-electron chi connectivity index (χ3n) is 2.78. The largest absolute Gasteiger partial charge is 0.500 e. The third-order valence-corrected chi connectivity index (χ3v) is 5.93. The molecule has 0 aromatic carbocycles. The lowest BCUT2D eigenvalue weighted by atomic mass is 10.3. The van der Waals surface area contributed by atoms with Crippen molar-refractivity contribution in [1.29, 1.82) is 0 Å². The highest BCUT2D eigenvalue weighted by molar-refractivity contribution is 6.60. The maximum absolute atomic E-state index is 5.82. The van der Waals surface area contributed by atoms with Crippen molar-refractivity contribution in [2.75, 3.05) is 31.7 Å². The number of rotatable bonds is 12. The van der Waals surface area contributed by atoms with Gasteiger partial charge in [0.1, 0.15) is 12.7 Å². The molecular formula is C13H26N4O3Si. The number of nitrogens with zero attached hydrogens (tertiary/aromatic N) is 3. The Morgan fingerprint density at radius 1 is 0.952 bits per heavy atom. The molecule has 120 valence electrons. The molecule has 0 bridgehead atoms. The highest BCUT2D eigenvalue weighted by atomic mass is 28.4. The predicted octanol–water partition coefficient (Wildman–Crippen LogP) is 2.11. The second-order valence-corrected chi connectivity index (χ2v) is 7.06. The molecule has 21 heavy (non-hydrogen) atoms. The fourth-order valence-electron chi connectivity index (χ4n) is 2.00. The van der Waals surface area contributed by atoms with Crippen LogP contribution < -0.4 is 5.32 Å². The van der Waals surface area contributed by atoms with Crippen LogP contribution in [0.3, 0.4) is 0 Å². The van der Waals surface area contributed by atoms with E-state index in [4.69, 9.17) is 13.3 Å². The Morgan fingerprint density at radius 3 is 2.05 bits per heavy atom. The van der Waals surface area contributed by atoms with E-state index in [2.05, 4.69) is 20.3 Å². The zero-order chi connectivity index (χ0) is 15.4. The van der Waals surface area contributed by atoms with E-state index >= 15 is 0 Å². The summed E-state index contributed by atoms with van der Waals surface area (Å²) in [4.78, 5) is 11.8. The lowest BCUT2D eigenvalue weighted by Crippen LogP contribution is -2.45. The summed E-state index contributed by atoms with van der Waals surface area (Å²) in [6.07, 6.45) is 4.91. The SMILES string of the molecule is CCO[Si](CCCCNc1ncncn1)(OCC)OCC. The Morgan fingerprint density at radius 2 is 1.52 bits per heavy atom. The monoisotopic (exact) mass is 314 g/mol. The summed E-state index contributed by atoms with van der Waals surface area (Å²) >= 11 is 0. The zero-order valence-electron chi connectivity index (χ0n) is 13.2. The molecule has 0 fully saturated rings. The molecule has 1 rings (SSSR count). The van der Waals surface area contributed by atoms with Gasteiger partial charge in [-0.2, -0.15) is 0 Å². The number of hydrogen-bond acceptors (Lipinski definition) is 7. The van der Waals surface area contributed by atoms with E-state index < -0.39 is 8.80 Å². The average Bonchev–Trinajstić information content (AvgIpc) is 2.49. The first-order valence-corrected chi connectivity index (χ1v) is 9.47. The Bertz CT molecular complexity index is 353. The lowest BCUT2D eigenvalue weighted by molar-refractivity contribution is 0.0707. The maximum atomic E-state index is 5.82. The Hall–Kier alpha value is -1.09. The maximum Gasteiger partial charge on any atom is 0.500 e. The van der Waals surface area contributed by atoms with Crippen LogP contribution in [-0.4, -0.2) is 50.1 Å². The molecule has 0 radical (unpaired) electrons. The van der Waals surface area contributed by atoms with Gasteiger partial charge in [-0.3, -0.25) is 0 Å². The van der Waals surface area contributed by atoms with E-state index in [1.165, 1.54) is 12.7 Å². The number of anilines is 1. The first-order chi connectivity index (χ1) is 10.3. The second kappa shape index (κ2) is 10.6. The van der Waals surface area contributed by atoms with Gasteiger partial charge in [0.05, 0.1) is 0 Å². The topological polar surface area (TPSA) is 78.4 Å². The molecule has 0 aliphatic rings. The van der Waals surface area contributed by atoms with Crippen molar-refractivity contribution in [2.24, 2.45) is 0 Å². The fraction of sp³-hybridized carbons (Fsp3) is 0.769. The van der Waals surface area contributed by atoms with Crippen molar-refractivity contribution in [3.05, 3.63) is 12.7 Å². The van der Waals surface area contributed by atoms with Crippen LogP contribution in [0.15, 0.2) is 12.7 Å². The fourth-order valence-corrected chi connectivity index (χ4v) is 4.68. The normalized spacial score (nSPS) is 11.6. The first kappa shape index (κ1) is 18.0. The molecule has 0 aliphatic heterocycles. The molecule has 1 N–H and O–H groups in total. The molecule has 1 aromatic heterocycles. The van der Waals surface area contributed by atoms with Crippen molar-refractivity contribution in [2.45, 2.75) is 39.7 Å². The molecule has 0 amide bonds. The molecule has 1 aromatic rings. The van der Waals surface area contributed by atoms with Crippen LogP contribution in [0, 0.1) is 0 Å². The summed E-state index contributed by atoms with van der Waals surface area (Å²) < 4.78 is 17.4. The van der Waals surface area contributed by atoms with Crippen molar-refractivity contribution in [3.8, 4) is 0 Å². The van der Waals surface area contributed by atoms with Gasteiger partial charge < -0.3 is 18.6 Å². The highest BCUT2D eigenvalue weighted by Crippen LogP contribution is 2.19. The van der Waals surface area contributed by atoms with Crippen LogP contribution in [0.2, 0.25) is 6.04 Å². The average molecular weight is 314 g/mol. The van der Waals surface area contributed by atoms with Crippen molar-refractivity contribution in [1.82, 2.24) is 15.0 Å². The smallest absolute Gasteiger partial charge is 0.374 e. The molecule has 0 unspecified atom stereocenters. The summed E-state index contributed by atoms with van der Waals surface area (Å²) in [6.45, 7) is 8.59. The second-order valence-electron chi connectivity index (χ2n) is 4.33. The van der Waals surface area contributed by atoms with E-state index in [0.717, 1.165) is 25.4 Å². The summed E-state index contributed by atoms with van der Waals surface area (Å²) in [5, 5.41) is 3.16. The van der Waals surface area contributed by atoms with Gasteiger partial charge in [0.15, 0.2) is 0 Å². The van der Waals surface area contributed by atoms with Crippen LogP contribution >= 0.6 is 0 Å². The molecule has 1 heterocycles. The Labute approximate surface area is 127 Å². The van der Waals surface area contributed by atoms with Crippen LogP contribution in [-0.2, 0) is 13.3 Å². The Kier molecular flexibility index (Phi) is 9.07. The number of aromatic nitrogens is 3. The van der Waals surface area contributed by atoms with Gasteiger partial charge in [-0.25, -0.2) is 15.0 Å². The number of hydrogen-bond donors (Lipinski definition) is 1. The predicted molar refractivity (Wildman–Crippen MR) is 83.0 cm³/mol. The van der Waals surface area contributed by atoms with Gasteiger partial charge in [0, 0.05) is 32.4 Å². The van der Waals surface area contributed by atoms with Crippen LogP contribution in [0.25, 0.3) is 0 Å². The quantitative estimate of drug-likeness (QED) is 0.467. The molecular weight excluding hydrogens is 288 g/mol. The third kappa shape index (κ3) is 6.94. The summed E-state index contributed by atoms with van der Waals surface area (Å²) in [5.41, 5.74) is 0. The highest BCUT2D eigenvalue weighted by Gasteiger charge is 2.39. The zero-order valence-corrected chi connectivity index (χ0v) is 14.2. The minimum Gasteiger partial charge on any atom is -0.374 e. The van der Waals surface area contributed by atoms with Crippen molar-refractivity contribution < 1.29 is 13.3 Å². The van der Waals surface area contributed by atoms with E-state index in [1.54, 1.807) is 0 Å². The molecule has 0 aliphatic carbocycles. The molecule has 7 nitrogen and oxygen atoms in total. The molecule has 0 spiro atoms. The standard InChI is InChI=1S/C13H26N4O3Si/c1-4-18-21(19-5-2,20-6-3)10-8-7-9-15-13-16-11-14-12-17-13/h11-12H,4-10H2,1-3H3,(H,14,15,16,17). The number of unbranched alkanes of at least 4 members (excludes halogenated alkanes) is 1. The van der Waals surface area contributed by atoms with Gasteiger partial charge in [0.2, 0.25) is 5.95 Å². The van der Waals surface area contributed by atoms with E-state index in [1.807, 2.05) is 20.8 Å². The van der Waals surface area contributed by atoms with Gasteiger partial charge in [-0.05, 0) is 33.6 Å². The van der Waals surface area contributed by atoms with Gasteiger partial charge >= 0.3 is 8.80 Å². The molecule has 0 atom stereocenters. The van der Waals surface area contributed by atoms with E-state index in [0.29, 0.717) is 25.8 Å². The molecule has 0 saturated heterocycles. The molecule has 0 saturated carbocycles. The van der Waals surface area contributed by atoms with Crippen LogP contribution in [0.4, 0.5) is 5.95 Å². The summed E-state index contributed by atoms with van der Waals surface area (Å²) in [5.74, 6) is 0.605. The van der Waals surface area contributed by atoms with Crippen molar-refractivity contribution in [3.63, 3.8) is 0 Å². The van der Waals surface area contributed by atoms with Gasteiger partial charge in [0.25, 0.3) is 0 Å². The Balaban J connectivity index is 2.31. The van der Waals surface area contributed by atoms with Crippen LogP contribution in [0.1, 0.15) is 33.6 Å². The minimum absolute atomic E-state index is 0.605. The molecule has 8 heteroatoms. The minimum atomic E-state index is -2.49. The van der Waals surface area contributed by atoms with Crippen molar-refractivity contribution >= 4 is 14.8 Å². The van der Waals surface area contributed by atoms with E-state index in [9.17, 15) is 0 Å². The number of nitrogens with one attached hydrogen (secondary N) is 1. The van der Waals surface area contributed by atoms with Gasteiger partial charge in [-0.1, -0.05) is 0 Å². The summed E-state index contributed by atoms with van der Waals surface area (Å²) in [6, 6.07) is 0.835. The van der Waals surface area contributed by atoms with E-state index in [-0.39, 0.29) is 0 Å².